The number of aliphatic hydroxyl groups excluding tert-OH is 1. The summed E-state index contributed by atoms with van der Waals surface area (Å²) in [7, 11) is 0. The Morgan fingerprint density at radius 2 is 0.902 bits per heavy atom. The summed E-state index contributed by atoms with van der Waals surface area (Å²) in [6.45, 7) is 4.12. The van der Waals surface area contributed by atoms with Gasteiger partial charge in [-0.2, -0.15) is 0 Å². The van der Waals surface area contributed by atoms with Crippen molar-refractivity contribution in [2.75, 3.05) is 13.2 Å². The maximum Gasteiger partial charge on any atom is 0.306 e. The van der Waals surface area contributed by atoms with Crippen LogP contribution in [0.4, 0.5) is 0 Å². The van der Waals surface area contributed by atoms with Crippen LogP contribution < -0.4 is 0 Å². The van der Waals surface area contributed by atoms with Crippen molar-refractivity contribution in [3.05, 3.63) is 12.2 Å². The van der Waals surface area contributed by atoms with E-state index >= 15 is 0 Å². The van der Waals surface area contributed by atoms with Gasteiger partial charge in [-0.1, -0.05) is 148 Å². The summed E-state index contributed by atoms with van der Waals surface area (Å²) in [6.07, 6.45) is 35.5. The molecule has 0 amide bonds. The molecule has 0 rings (SSSR count). The molecular formula is C36H68O5. The van der Waals surface area contributed by atoms with Crippen molar-refractivity contribution in [2.24, 2.45) is 0 Å². The predicted molar refractivity (Wildman–Crippen MR) is 173 cm³/mol. The van der Waals surface area contributed by atoms with Crippen molar-refractivity contribution in [2.45, 2.75) is 193 Å². The molecule has 0 aromatic heterocycles. The minimum absolute atomic E-state index is 0.0637. The van der Waals surface area contributed by atoms with Gasteiger partial charge in [0.25, 0.3) is 0 Å². The highest BCUT2D eigenvalue weighted by atomic mass is 16.6. The second-order valence-electron chi connectivity index (χ2n) is 12.0. The zero-order valence-corrected chi connectivity index (χ0v) is 27.3. The van der Waals surface area contributed by atoms with E-state index in [0.717, 1.165) is 44.9 Å². The third-order valence-corrected chi connectivity index (χ3v) is 7.81. The summed E-state index contributed by atoms with van der Waals surface area (Å²) in [5.41, 5.74) is 0. The lowest BCUT2D eigenvalue weighted by molar-refractivity contribution is -0.161. The second-order valence-corrected chi connectivity index (χ2v) is 12.0. The molecule has 0 aliphatic carbocycles. The Morgan fingerprint density at radius 3 is 1.32 bits per heavy atom. The highest BCUT2D eigenvalue weighted by Gasteiger charge is 2.16. The lowest BCUT2D eigenvalue weighted by Crippen LogP contribution is -2.28. The Balaban J connectivity index is 3.56. The van der Waals surface area contributed by atoms with Gasteiger partial charge in [0.15, 0.2) is 6.10 Å². The van der Waals surface area contributed by atoms with E-state index in [1.807, 2.05) is 0 Å². The van der Waals surface area contributed by atoms with Crippen LogP contribution in [0.15, 0.2) is 12.2 Å². The van der Waals surface area contributed by atoms with Gasteiger partial charge in [-0.3, -0.25) is 9.59 Å². The maximum atomic E-state index is 12.1. The molecule has 0 aromatic rings. The number of unbranched alkanes of at least 4 members (excludes halogenated alkanes) is 22. The first kappa shape index (κ1) is 39.6. The van der Waals surface area contributed by atoms with E-state index in [1.165, 1.54) is 116 Å². The summed E-state index contributed by atoms with van der Waals surface area (Å²) in [6, 6.07) is 0. The third kappa shape index (κ3) is 31.4. The summed E-state index contributed by atoms with van der Waals surface area (Å²) >= 11 is 0. The van der Waals surface area contributed by atoms with Crippen LogP contribution in [-0.2, 0) is 19.1 Å². The van der Waals surface area contributed by atoms with Crippen molar-refractivity contribution in [1.29, 1.82) is 0 Å². The Morgan fingerprint density at radius 1 is 0.537 bits per heavy atom. The number of hydrogen-bond acceptors (Lipinski definition) is 5. The molecule has 0 unspecified atom stereocenters. The number of rotatable bonds is 32. The fraction of sp³-hybridized carbons (Fsp3) is 0.889. The fourth-order valence-electron chi connectivity index (χ4n) is 5.08. The lowest BCUT2D eigenvalue weighted by Gasteiger charge is -2.15. The van der Waals surface area contributed by atoms with Crippen LogP contribution >= 0.6 is 0 Å². The third-order valence-electron chi connectivity index (χ3n) is 7.81. The van der Waals surface area contributed by atoms with Crippen molar-refractivity contribution >= 4 is 11.9 Å². The smallest absolute Gasteiger partial charge is 0.306 e. The van der Waals surface area contributed by atoms with Gasteiger partial charge in [0.1, 0.15) is 6.61 Å². The van der Waals surface area contributed by atoms with E-state index in [1.54, 1.807) is 0 Å². The van der Waals surface area contributed by atoms with Crippen LogP contribution in [0.5, 0.6) is 0 Å². The first-order valence-electron chi connectivity index (χ1n) is 17.7. The highest BCUT2D eigenvalue weighted by Crippen LogP contribution is 2.14. The molecular weight excluding hydrogens is 512 g/mol. The van der Waals surface area contributed by atoms with Crippen molar-refractivity contribution in [1.82, 2.24) is 0 Å². The molecule has 242 valence electrons. The molecule has 0 heterocycles. The van der Waals surface area contributed by atoms with E-state index < -0.39 is 6.10 Å². The number of esters is 2. The van der Waals surface area contributed by atoms with Gasteiger partial charge in [-0.15, -0.1) is 0 Å². The van der Waals surface area contributed by atoms with E-state index in [9.17, 15) is 14.7 Å². The van der Waals surface area contributed by atoms with E-state index in [0.29, 0.717) is 12.8 Å². The average molecular weight is 581 g/mol. The number of hydrogen-bond donors (Lipinski definition) is 1. The van der Waals surface area contributed by atoms with Gasteiger partial charge in [-0.05, 0) is 38.5 Å². The number of ether oxygens (including phenoxy) is 2. The number of aliphatic hydroxyl groups is 1. The highest BCUT2D eigenvalue weighted by molar-refractivity contribution is 5.70. The minimum Gasteiger partial charge on any atom is -0.462 e. The summed E-state index contributed by atoms with van der Waals surface area (Å²) in [5.74, 6) is -0.595. The number of allylic oxidation sites excluding steroid dienone is 2. The van der Waals surface area contributed by atoms with E-state index in [2.05, 4.69) is 26.0 Å². The number of carbonyl (C=O) groups excluding carboxylic acids is 2. The molecule has 1 atom stereocenters. The van der Waals surface area contributed by atoms with Gasteiger partial charge in [0, 0.05) is 12.8 Å². The molecule has 0 saturated heterocycles. The molecule has 1 N–H and O–H groups in total. The Kier molecular flexibility index (Phi) is 32.0. The van der Waals surface area contributed by atoms with Crippen LogP contribution in [0.25, 0.3) is 0 Å². The molecule has 0 spiro atoms. The summed E-state index contributed by atoms with van der Waals surface area (Å²) < 4.78 is 10.6. The molecule has 5 heteroatoms. The summed E-state index contributed by atoms with van der Waals surface area (Å²) in [4.78, 5) is 24.1. The molecule has 0 fully saturated rings. The lowest BCUT2D eigenvalue weighted by atomic mass is 10.0. The number of carbonyl (C=O) groups is 2. The molecule has 5 nitrogen and oxygen atoms in total. The van der Waals surface area contributed by atoms with Gasteiger partial charge in [0.05, 0.1) is 6.61 Å². The molecule has 0 radical (unpaired) electrons. The Hall–Kier alpha value is -1.36. The Labute approximate surface area is 254 Å². The normalized spacial score (nSPS) is 12.2. The van der Waals surface area contributed by atoms with Crippen molar-refractivity contribution in [3.63, 3.8) is 0 Å². The van der Waals surface area contributed by atoms with Crippen molar-refractivity contribution < 1.29 is 24.2 Å². The van der Waals surface area contributed by atoms with E-state index in [4.69, 9.17) is 9.47 Å². The van der Waals surface area contributed by atoms with Crippen molar-refractivity contribution in [3.8, 4) is 0 Å². The van der Waals surface area contributed by atoms with Gasteiger partial charge in [0.2, 0.25) is 0 Å². The molecule has 0 bridgehead atoms. The van der Waals surface area contributed by atoms with Crippen LogP contribution in [0.3, 0.4) is 0 Å². The molecule has 0 aliphatic heterocycles. The molecule has 41 heavy (non-hydrogen) atoms. The first-order valence-corrected chi connectivity index (χ1v) is 17.7. The maximum absolute atomic E-state index is 12.1. The standard InChI is InChI=1S/C36H68O5/c1-3-5-7-9-11-13-15-17-19-21-23-25-27-29-31-36(39)41-34(32-37)33-40-35(38)30-28-26-24-22-20-18-16-14-12-10-8-6-4-2/h15,17,34,37H,3-14,16,18-33H2,1-2H3/b17-15+/t34-/m0/s1. The first-order chi connectivity index (χ1) is 20.1. The minimum atomic E-state index is -0.767. The zero-order valence-electron chi connectivity index (χ0n) is 27.3. The Bertz CT molecular complexity index is 589. The van der Waals surface area contributed by atoms with Crippen LogP contribution in [0.1, 0.15) is 187 Å². The fourth-order valence-corrected chi connectivity index (χ4v) is 5.08. The largest absolute Gasteiger partial charge is 0.462 e. The zero-order chi connectivity index (χ0) is 30.1. The van der Waals surface area contributed by atoms with Gasteiger partial charge in [-0.25, -0.2) is 0 Å². The average Bonchev–Trinajstić information content (AvgIpc) is 2.97. The SMILES string of the molecule is CCCCCCC/C=C/CCCCCCCC(=O)O[C@@H](CO)COC(=O)CCCCCCCCCCCCCCC. The van der Waals surface area contributed by atoms with Crippen LogP contribution in [-0.4, -0.2) is 36.4 Å². The van der Waals surface area contributed by atoms with E-state index in [-0.39, 0.29) is 25.2 Å². The topological polar surface area (TPSA) is 72.8 Å². The molecule has 0 saturated carbocycles. The van der Waals surface area contributed by atoms with Gasteiger partial charge < -0.3 is 14.6 Å². The molecule has 0 aromatic carbocycles. The predicted octanol–water partition coefficient (Wildman–Crippen LogP) is 10.6. The van der Waals surface area contributed by atoms with Crippen LogP contribution in [0.2, 0.25) is 0 Å². The van der Waals surface area contributed by atoms with Gasteiger partial charge >= 0.3 is 11.9 Å². The second kappa shape index (κ2) is 33.1. The monoisotopic (exact) mass is 581 g/mol. The molecule has 0 aliphatic rings. The summed E-state index contributed by atoms with van der Waals surface area (Å²) in [5, 5.41) is 9.51. The quantitative estimate of drug-likeness (QED) is 0.0487. The van der Waals surface area contributed by atoms with Crippen LogP contribution in [0, 0.1) is 0 Å².